The highest BCUT2D eigenvalue weighted by Gasteiger charge is 2.10. The molecule has 1 aromatic rings. The summed E-state index contributed by atoms with van der Waals surface area (Å²) in [7, 11) is 0. The highest BCUT2D eigenvalue weighted by Crippen LogP contribution is 2.22. The number of unbranched alkanes of at least 4 members (excludes halogenated alkanes) is 3. The second-order valence-corrected chi connectivity index (χ2v) is 4.96. The molecule has 0 saturated carbocycles. The van der Waals surface area contributed by atoms with Crippen LogP contribution in [-0.4, -0.2) is 30.5 Å². The number of anilines is 1. The van der Waals surface area contributed by atoms with Crippen LogP contribution in [0, 0.1) is 10.1 Å². The maximum absolute atomic E-state index is 10.9. The molecule has 0 atom stereocenters. The van der Waals surface area contributed by atoms with Gasteiger partial charge in [0.05, 0.1) is 4.92 Å². The molecule has 0 fully saturated rings. The molecule has 0 aliphatic rings. The van der Waals surface area contributed by atoms with Crippen molar-refractivity contribution in [1.82, 2.24) is 5.32 Å². The Hall–Kier alpha value is -2.31. The molecule has 0 heterocycles. The molecule has 0 unspecified atom stereocenters. The van der Waals surface area contributed by atoms with Gasteiger partial charge < -0.3 is 16.4 Å². The topological polar surface area (TPSA) is 106 Å². The van der Waals surface area contributed by atoms with Crippen molar-refractivity contribution in [3.63, 3.8) is 0 Å². The van der Waals surface area contributed by atoms with Gasteiger partial charge >= 0.3 is 0 Å². The molecule has 0 radical (unpaired) electrons. The molecule has 1 aromatic carbocycles. The van der Waals surface area contributed by atoms with Crippen molar-refractivity contribution in [2.45, 2.75) is 32.6 Å². The summed E-state index contributed by atoms with van der Waals surface area (Å²) in [4.78, 5) is 14.7. The fraction of sp³-hybridized carbons (Fsp3) is 0.533. The van der Waals surface area contributed by atoms with E-state index < -0.39 is 4.92 Å². The number of hydrogen-bond donors (Lipinski definition) is 3. The van der Waals surface area contributed by atoms with E-state index in [1.807, 2.05) is 0 Å². The van der Waals surface area contributed by atoms with Crippen molar-refractivity contribution in [2.75, 3.05) is 25.0 Å². The Kier molecular flexibility index (Phi) is 8.40. The molecule has 0 spiro atoms. The highest BCUT2D eigenvalue weighted by molar-refractivity contribution is 5.77. The van der Waals surface area contributed by atoms with Gasteiger partial charge in [-0.05, 0) is 12.5 Å². The zero-order valence-corrected chi connectivity index (χ0v) is 13.0. The second kappa shape index (κ2) is 10.4. The van der Waals surface area contributed by atoms with Crippen LogP contribution >= 0.6 is 0 Å². The molecule has 22 heavy (non-hydrogen) atoms. The third-order valence-corrected chi connectivity index (χ3v) is 3.14. The number of rotatable bonds is 10. The van der Waals surface area contributed by atoms with Gasteiger partial charge in [-0.25, -0.2) is 0 Å². The second-order valence-electron chi connectivity index (χ2n) is 4.96. The van der Waals surface area contributed by atoms with Crippen molar-refractivity contribution in [3.05, 3.63) is 34.4 Å². The zero-order valence-electron chi connectivity index (χ0n) is 13.0. The summed E-state index contributed by atoms with van der Waals surface area (Å²) in [5, 5.41) is 16.9. The first-order valence-corrected chi connectivity index (χ1v) is 7.66. The normalized spacial score (nSPS) is 11.2. The van der Waals surface area contributed by atoms with Gasteiger partial charge in [0, 0.05) is 25.7 Å². The largest absolute Gasteiger partial charge is 0.378 e. The Balaban J connectivity index is 2.25. The lowest BCUT2D eigenvalue weighted by Crippen LogP contribution is -2.35. The molecule has 0 aliphatic carbocycles. The first-order valence-electron chi connectivity index (χ1n) is 7.66. The summed E-state index contributed by atoms with van der Waals surface area (Å²) in [5.74, 6) is 0.417. The fourth-order valence-corrected chi connectivity index (χ4v) is 1.96. The number of guanidine groups is 1. The number of para-hydroxylation sites is 2. The molecule has 7 heteroatoms. The van der Waals surface area contributed by atoms with Crippen LogP contribution in [0.25, 0.3) is 0 Å². The number of nitrogens with zero attached hydrogens (tertiary/aromatic N) is 2. The summed E-state index contributed by atoms with van der Waals surface area (Å²) < 4.78 is 0. The van der Waals surface area contributed by atoms with E-state index >= 15 is 0 Å². The lowest BCUT2D eigenvalue weighted by molar-refractivity contribution is -0.384. The Labute approximate surface area is 131 Å². The average molecular weight is 307 g/mol. The average Bonchev–Trinajstić information content (AvgIpc) is 2.51. The molecular formula is C15H25N5O2. The minimum atomic E-state index is -0.401. The lowest BCUT2D eigenvalue weighted by atomic mass is 10.2. The third-order valence-electron chi connectivity index (χ3n) is 3.14. The van der Waals surface area contributed by atoms with Gasteiger partial charge in [0.15, 0.2) is 5.96 Å². The molecule has 4 N–H and O–H groups in total. The number of nitro benzene ring substituents is 1. The van der Waals surface area contributed by atoms with Gasteiger partial charge in [0.25, 0.3) is 5.69 Å². The summed E-state index contributed by atoms with van der Waals surface area (Å²) in [6.07, 6.45) is 4.65. The molecule has 7 nitrogen and oxygen atoms in total. The predicted octanol–water partition coefficient (Wildman–Crippen LogP) is 2.49. The monoisotopic (exact) mass is 307 g/mol. The summed E-state index contributed by atoms with van der Waals surface area (Å²) >= 11 is 0. The number of hydrogen-bond acceptors (Lipinski definition) is 4. The lowest BCUT2D eigenvalue weighted by Gasteiger charge is -2.08. The van der Waals surface area contributed by atoms with Gasteiger partial charge in [-0.3, -0.25) is 15.1 Å². The van der Waals surface area contributed by atoms with Crippen LogP contribution < -0.4 is 16.4 Å². The summed E-state index contributed by atoms with van der Waals surface area (Å²) in [6.45, 7) is 3.98. The maximum Gasteiger partial charge on any atom is 0.292 e. The highest BCUT2D eigenvalue weighted by atomic mass is 16.6. The maximum atomic E-state index is 10.9. The van der Waals surface area contributed by atoms with Gasteiger partial charge in [0.1, 0.15) is 5.69 Å². The summed E-state index contributed by atoms with van der Waals surface area (Å²) in [5.41, 5.74) is 6.32. The Morgan fingerprint density at radius 3 is 2.77 bits per heavy atom. The fourth-order valence-electron chi connectivity index (χ4n) is 1.96. The molecule has 0 bridgehead atoms. The number of nitrogens with one attached hydrogen (secondary N) is 2. The van der Waals surface area contributed by atoms with Crippen LogP contribution in [0.4, 0.5) is 11.4 Å². The number of nitrogens with two attached hydrogens (primary N) is 1. The van der Waals surface area contributed by atoms with Crippen LogP contribution in [-0.2, 0) is 0 Å². The van der Waals surface area contributed by atoms with Gasteiger partial charge in [-0.2, -0.15) is 0 Å². The molecule has 0 aliphatic heterocycles. The smallest absolute Gasteiger partial charge is 0.292 e. The predicted molar refractivity (Wildman–Crippen MR) is 90.2 cm³/mol. The van der Waals surface area contributed by atoms with Crippen molar-refractivity contribution >= 4 is 17.3 Å². The number of nitro groups is 1. The molecule has 0 saturated heterocycles. The van der Waals surface area contributed by atoms with Crippen LogP contribution in [0.15, 0.2) is 29.3 Å². The minimum Gasteiger partial charge on any atom is -0.378 e. The van der Waals surface area contributed by atoms with Crippen molar-refractivity contribution in [1.29, 1.82) is 0 Å². The molecule has 122 valence electrons. The zero-order chi connectivity index (χ0) is 16.2. The van der Waals surface area contributed by atoms with E-state index in [1.165, 1.54) is 25.3 Å². The molecular weight excluding hydrogens is 282 g/mol. The van der Waals surface area contributed by atoms with Crippen LogP contribution in [0.2, 0.25) is 0 Å². The van der Waals surface area contributed by atoms with E-state index in [9.17, 15) is 10.1 Å². The Morgan fingerprint density at radius 1 is 1.27 bits per heavy atom. The Morgan fingerprint density at radius 2 is 2.05 bits per heavy atom. The van der Waals surface area contributed by atoms with E-state index in [2.05, 4.69) is 22.5 Å². The first kappa shape index (κ1) is 17.7. The van der Waals surface area contributed by atoms with Gasteiger partial charge in [-0.15, -0.1) is 0 Å². The SMILES string of the molecule is CCCCCCN=C(N)NCCNc1ccccc1[N+](=O)[O-]. The van der Waals surface area contributed by atoms with Gasteiger partial charge in [0.2, 0.25) is 0 Å². The summed E-state index contributed by atoms with van der Waals surface area (Å²) in [6, 6.07) is 6.56. The van der Waals surface area contributed by atoms with E-state index in [0.29, 0.717) is 24.7 Å². The minimum absolute atomic E-state index is 0.0695. The van der Waals surface area contributed by atoms with Gasteiger partial charge in [-0.1, -0.05) is 38.3 Å². The standard InChI is InChI=1S/C15H25N5O2/c1-2-3-4-7-10-18-15(16)19-12-11-17-13-8-5-6-9-14(13)20(21)22/h5-6,8-9,17H,2-4,7,10-12H2,1H3,(H3,16,18,19). The van der Waals surface area contributed by atoms with Crippen LogP contribution in [0.5, 0.6) is 0 Å². The Bertz CT molecular complexity index is 491. The molecule has 1 rings (SSSR count). The van der Waals surface area contributed by atoms with Crippen LogP contribution in [0.1, 0.15) is 32.6 Å². The third kappa shape index (κ3) is 6.92. The van der Waals surface area contributed by atoms with Crippen molar-refractivity contribution in [2.24, 2.45) is 10.7 Å². The quantitative estimate of drug-likeness (QED) is 0.202. The first-order chi connectivity index (χ1) is 10.6. The number of benzene rings is 1. The van der Waals surface area contributed by atoms with Crippen LogP contribution in [0.3, 0.4) is 0 Å². The van der Waals surface area contributed by atoms with E-state index in [-0.39, 0.29) is 5.69 Å². The van der Waals surface area contributed by atoms with Crippen molar-refractivity contribution in [3.8, 4) is 0 Å². The molecule has 0 amide bonds. The van der Waals surface area contributed by atoms with E-state index in [1.54, 1.807) is 18.2 Å². The number of aliphatic imine (C=N–C) groups is 1. The van der Waals surface area contributed by atoms with Crippen molar-refractivity contribution < 1.29 is 4.92 Å². The molecule has 0 aromatic heterocycles. The van der Waals surface area contributed by atoms with E-state index in [4.69, 9.17) is 5.73 Å². The van der Waals surface area contributed by atoms with E-state index in [0.717, 1.165) is 13.0 Å².